The molecule has 1 fully saturated rings. The van der Waals surface area contributed by atoms with Gasteiger partial charge in [0.05, 0.1) is 5.25 Å². The molecule has 0 bridgehead atoms. The predicted octanol–water partition coefficient (Wildman–Crippen LogP) is 1.46. The molecule has 0 saturated heterocycles. The quantitative estimate of drug-likeness (QED) is 0.895. The van der Waals surface area contributed by atoms with Crippen molar-refractivity contribution in [3.63, 3.8) is 0 Å². The Bertz CT molecular complexity index is 480. The fraction of sp³-hybridized carbons (Fsp3) is 0.455. The minimum atomic E-state index is -3.09. The molecule has 1 N–H and O–H groups in total. The van der Waals surface area contributed by atoms with Crippen LogP contribution in [0.25, 0.3) is 0 Å². The monoisotopic (exact) mass is 260 g/mol. The van der Waals surface area contributed by atoms with Gasteiger partial charge in [0.1, 0.15) is 0 Å². The van der Waals surface area contributed by atoms with Gasteiger partial charge in [0.25, 0.3) is 0 Å². The predicted molar refractivity (Wildman–Crippen MR) is 63.4 cm³/mol. The van der Waals surface area contributed by atoms with Crippen LogP contribution in [0.2, 0.25) is 5.02 Å². The number of aliphatic hydroxyl groups is 1. The maximum absolute atomic E-state index is 11.5. The van der Waals surface area contributed by atoms with Gasteiger partial charge in [0, 0.05) is 29.7 Å². The fourth-order valence-electron chi connectivity index (χ4n) is 2.27. The van der Waals surface area contributed by atoms with Gasteiger partial charge >= 0.3 is 0 Å². The van der Waals surface area contributed by atoms with Crippen LogP contribution in [0.15, 0.2) is 24.3 Å². The summed E-state index contributed by atoms with van der Waals surface area (Å²) in [4.78, 5) is 0. The minimum Gasteiger partial charge on any atom is -0.396 e. The molecule has 5 heteroatoms. The highest BCUT2D eigenvalue weighted by atomic mass is 35.5. The van der Waals surface area contributed by atoms with Crippen molar-refractivity contribution in [3.05, 3.63) is 34.9 Å². The van der Waals surface area contributed by atoms with Crippen LogP contribution >= 0.6 is 11.6 Å². The third-order valence-corrected chi connectivity index (χ3v) is 4.94. The van der Waals surface area contributed by atoms with E-state index in [4.69, 9.17) is 16.7 Å². The van der Waals surface area contributed by atoms with Crippen LogP contribution in [0.1, 0.15) is 11.5 Å². The van der Waals surface area contributed by atoms with E-state index in [1.165, 1.54) is 6.26 Å². The van der Waals surface area contributed by atoms with E-state index in [0.717, 1.165) is 5.56 Å². The van der Waals surface area contributed by atoms with Gasteiger partial charge < -0.3 is 5.11 Å². The van der Waals surface area contributed by atoms with Crippen molar-refractivity contribution in [3.8, 4) is 0 Å². The maximum atomic E-state index is 11.5. The van der Waals surface area contributed by atoms with Crippen LogP contribution in [0.3, 0.4) is 0 Å². The molecule has 3 atom stereocenters. The van der Waals surface area contributed by atoms with Crippen molar-refractivity contribution >= 4 is 21.4 Å². The molecule has 2 rings (SSSR count). The van der Waals surface area contributed by atoms with Crippen molar-refractivity contribution < 1.29 is 13.5 Å². The van der Waals surface area contributed by atoms with Gasteiger partial charge in [0.15, 0.2) is 9.84 Å². The van der Waals surface area contributed by atoms with E-state index in [1.54, 1.807) is 12.1 Å². The maximum Gasteiger partial charge on any atom is 0.151 e. The summed E-state index contributed by atoms with van der Waals surface area (Å²) in [7, 11) is -3.09. The Morgan fingerprint density at radius 2 is 1.88 bits per heavy atom. The van der Waals surface area contributed by atoms with Crippen molar-refractivity contribution in [1.82, 2.24) is 0 Å². The minimum absolute atomic E-state index is 0.0859. The lowest BCUT2D eigenvalue weighted by molar-refractivity contribution is 0.274. The second-order valence-electron chi connectivity index (χ2n) is 4.22. The number of halogens is 1. The van der Waals surface area contributed by atoms with Crippen LogP contribution in [0.5, 0.6) is 0 Å². The summed E-state index contributed by atoms with van der Waals surface area (Å²) in [5.74, 6) is -0.256. The normalized spacial score (nSPS) is 29.1. The lowest BCUT2D eigenvalue weighted by Crippen LogP contribution is -2.08. The largest absolute Gasteiger partial charge is 0.396 e. The summed E-state index contributed by atoms with van der Waals surface area (Å²) >= 11 is 5.77. The van der Waals surface area contributed by atoms with Gasteiger partial charge in [-0.3, -0.25) is 0 Å². The summed E-state index contributed by atoms with van der Waals surface area (Å²) in [5.41, 5.74) is 0.930. The Labute approximate surface area is 100.0 Å². The number of aliphatic hydroxyl groups excluding tert-OH is 1. The highest BCUT2D eigenvalue weighted by Crippen LogP contribution is 2.51. The van der Waals surface area contributed by atoms with E-state index in [-0.39, 0.29) is 18.4 Å². The number of benzene rings is 1. The Hall–Kier alpha value is -0.580. The number of hydrogen-bond acceptors (Lipinski definition) is 3. The third-order valence-electron chi connectivity index (χ3n) is 3.06. The second kappa shape index (κ2) is 4.02. The molecule has 16 heavy (non-hydrogen) atoms. The summed E-state index contributed by atoms with van der Waals surface area (Å²) < 4.78 is 23.0. The van der Waals surface area contributed by atoms with Crippen LogP contribution in [0.4, 0.5) is 0 Å². The fourth-order valence-corrected chi connectivity index (χ4v) is 4.08. The number of sulfone groups is 1. The van der Waals surface area contributed by atoms with Crippen molar-refractivity contribution in [2.75, 3.05) is 12.9 Å². The SMILES string of the molecule is CS(=O)(=O)[C@H]1[C@@H](CO)[C@@H]1c1ccc(Cl)cc1. The second-order valence-corrected chi connectivity index (χ2v) is 6.86. The average molecular weight is 261 g/mol. The molecule has 0 spiro atoms. The average Bonchev–Trinajstić information content (AvgIpc) is 2.92. The molecular weight excluding hydrogens is 248 g/mol. The van der Waals surface area contributed by atoms with Gasteiger partial charge in [-0.15, -0.1) is 0 Å². The molecule has 0 aliphatic heterocycles. The van der Waals surface area contributed by atoms with E-state index in [2.05, 4.69) is 0 Å². The van der Waals surface area contributed by atoms with E-state index >= 15 is 0 Å². The zero-order chi connectivity index (χ0) is 11.9. The number of rotatable bonds is 3. The Kier molecular flexibility index (Phi) is 2.99. The molecule has 0 heterocycles. The molecule has 0 aromatic heterocycles. The first-order chi connectivity index (χ1) is 7.45. The Morgan fingerprint density at radius 3 is 2.25 bits per heavy atom. The summed E-state index contributed by atoms with van der Waals surface area (Å²) in [5, 5.41) is 9.32. The lowest BCUT2D eigenvalue weighted by atomic mass is 10.1. The molecule has 1 aliphatic carbocycles. The lowest BCUT2D eigenvalue weighted by Gasteiger charge is -1.99. The van der Waals surface area contributed by atoms with Crippen LogP contribution in [-0.2, 0) is 9.84 Å². The molecular formula is C11H13ClO3S. The van der Waals surface area contributed by atoms with Gasteiger partial charge in [-0.2, -0.15) is 0 Å². The van der Waals surface area contributed by atoms with E-state index in [9.17, 15) is 8.42 Å². The first-order valence-corrected chi connectivity index (χ1v) is 7.33. The first-order valence-electron chi connectivity index (χ1n) is 5.00. The summed E-state index contributed by atoms with van der Waals surface area (Å²) in [6, 6.07) is 7.12. The topological polar surface area (TPSA) is 54.4 Å². The zero-order valence-electron chi connectivity index (χ0n) is 8.80. The molecule has 0 radical (unpaired) electrons. The summed E-state index contributed by atoms with van der Waals surface area (Å²) in [6.07, 6.45) is 1.22. The van der Waals surface area contributed by atoms with E-state index in [0.29, 0.717) is 5.02 Å². The van der Waals surface area contributed by atoms with E-state index in [1.807, 2.05) is 12.1 Å². The van der Waals surface area contributed by atoms with Crippen molar-refractivity contribution in [1.29, 1.82) is 0 Å². The van der Waals surface area contributed by atoms with Crippen LogP contribution in [0, 0.1) is 5.92 Å². The van der Waals surface area contributed by atoms with Gasteiger partial charge in [-0.1, -0.05) is 23.7 Å². The summed E-state index contributed by atoms with van der Waals surface area (Å²) in [6.45, 7) is -0.0922. The highest BCUT2D eigenvalue weighted by molar-refractivity contribution is 7.91. The van der Waals surface area contributed by atoms with Crippen molar-refractivity contribution in [2.24, 2.45) is 5.92 Å². The molecule has 3 nitrogen and oxygen atoms in total. The van der Waals surface area contributed by atoms with Crippen molar-refractivity contribution in [2.45, 2.75) is 11.2 Å². The molecule has 0 amide bonds. The molecule has 1 saturated carbocycles. The van der Waals surface area contributed by atoms with Gasteiger partial charge in [-0.05, 0) is 17.7 Å². The molecule has 88 valence electrons. The van der Waals surface area contributed by atoms with Crippen LogP contribution in [-0.4, -0.2) is 31.6 Å². The van der Waals surface area contributed by atoms with Gasteiger partial charge in [-0.25, -0.2) is 8.42 Å². The zero-order valence-corrected chi connectivity index (χ0v) is 10.4. The van der Waals surface area contributed by atoms with Gasteiger partial charge in [0.2, 0.25) is 0 Å². The van der Waals surface area contributed by atoms with E-state index < -0.39 is 15.1 Å². The standard InChI is InChI=1S/C11H13ClO3S/c1-16(14,15)11-9(6-13)10(11)7-2-4-8(12)5-3-7/h2-5,9-11,13H,6H2,1H3/t9-,10-,11-/m0/s1. The molecule has 1 aromatic carbocycles. The third kappa shape index (κ3) is 2.10. The Morgan fingerprint density at radius 1 is 1.31 bits per heavy atom. The number of hydrogen-bond donors (Lipinski definition) is 1. The first kappa shape index (κ1) is 11.9. The smallest absolute Gasteiger partial charge is 0.151 e. The highest BCUT2D eigenvalue weighted by Gasteiger charge is 2.56. The molecule has 1 aromatic rings. The molecule has 0 unspecified atom stereocenters. The Balaban J connectivity index is 2.27. The van der Waals surface area contributed by atoms with Crippen LogP contribution < -0.4 is 0 Å². The molecule has 1 aliphatic rings.